The summed E-state index contributed by atoms with van der Waals surface area (Å²) in [6, 6.07) is 10.5. The summed E-state index contributed by atoms with van der Waals surface area (Å²) in [5.74, 6) is 1.41. The normalized spacial score (nSPS) is 22.1. The van der Waals surface area contributed by atoms with Crippen LogP contribution in [0.1, 0.15) is 31.2 Å². The minimum absolute atomic E-state index is 0.0396. The monoisotopic (exact) mass is 340 g/mol. The molecular formula is C21H28N2O2. The molecule has 4 nitrogen and oxygen atoms in total. The molecule has 1 aliphatic heterocycles. The fourth-order valence-corrected chi connectivity index (χ4v) is 3.83. The number of allylic oxidation sites excluding steroid dienone is 2. The highest BCUT2D eigenvalue weighted by atomic mass is 16.5. The number of hydrogen-bond acceptors (Lipinski definition) is 3. The van der Waals surface area contributed by atoms with Crippen molar-refractivity contribution >= 4 is 5.91 Å². The molecule has 0 aromatic heterocycles. The van der Waals surface area contributed by atoms with E-state index in [1.165, 1.54) is 5.56 Å². The van der Waals surface area contributed by atoms with Crippen LogP contribution in [0.2, 0.25) is 0 Å². The summed E-state index contributed by atoms with van der Waals surface area (Å²) in [5, 5.41) is 6.56. The lowest BCUT2D eigenvalue weighted by molar-refractivity contribution is -0.122. The molecule has 1 atom stereocenters. The molecule has 134 valence electrons. The van der Waals surface area contributed by atoms with E-state index in [1.54, 1.807) is 7.11 Å². The smallest absolute Gasteiger partial charge is 0.220 e. The maximum Gasteiger partial charge on any atom is 0.220 e. The minimum atomic E-state index is -0.0396. The summed E-state index contributed by atoms with van der Waals surface area (Å²) >= 11 is 0. The van der Waals surface area contributed by atoms with E-state index in [9.17, 15) is 4.79 Å². The van der Waals surface area contributed by atoms with Crippen LogP contribution in [0.5, 0.6) is 0 Å². The van der Waals surface area contributed by atoms with Crippen LogP contribution in [-0.2, 0) is 14.9 Å². The molecule has 0 bridgehead atoms. The van der Waals surface area contributed by atoms with Gasteiger partial charge in [-0.15, -0.1) is 0 Å². The second-order valence-electron chi connectivity index (χ2n) is 7.04. The third kappa shape index (κ3) is 4.51. The van der Waals surface area contributed by atoms with Crippen LogP contribution in [0.4, 0.5) is 0 Å². The van der Waals surface area contributed by atoms with Crippen molar-refractivity contribution in [3.8, 4) is 0 Å². The Kier molecular flexibility index (Phi) is 5.92. The van der Waals surface area contributed by atoms with Crippen molar-refractivity contribution in [1.82, 2.24) is 10.6 Å². The summed E-state index contributed by atoms with van der Waals surface area (Å²) in [5.41, 5.74) is 1.25. The van der Waals surface area contributed by atoms with E-state index in [0.717, 1.165) is 38.1 Å². The summed E-state index contributed by atoms with van der Waals surface area (Å²) in [6.45, 7) is 2.63. The molecule has 1 aromatic carbocycles. The average molecular weight is 340 g/mol. The van der Waals surface area contributed by atoms with Crippen molar-refractivity contribution < 1.29 is 9.53 Å². The maximum absolute atomic E-state index is 12.7. The van der Waals surface area contributed by atoms with Gasteiger partial charge in [0.25, 0.3) is 0 Å². The van der Waals surface area contributed by atoms with Gasteiger partial charge in [-0.2, -0.15) is 0 Å². The van der Waals surface area contributed by atoms with Crippen LogP contribution >= 0.6 is 0 Å². The Balaban J connectivity index is 1.58. The van der Waals surface area contributed by atoms with Gasteiger partial charge in [0, 0.05) is 18.4 Å². The molecule has 1 aliphatic carbocycles. The van der Waals surface area contributed by atoms with Crippen LogP contribution in [0.25, 0.3) is 0 Å². The average Bonchev–Trinajstić information content (AvgIpc) is 2.68. The Bertz CT molecular complexity index is 631. The van der Waals surface area contributed by atoms with E-state index in [-0.39, 0.29) is 11.3 Å². The first-order valence-electron chi connectivity index (χ1n) is 9.17. The standard InChI is InChI=1S/C21H28N2O2/c1-25-19-9-7-17(8-10-19)16-23-20(24)15-21(11-13-22-14-12-21)18-5-3-2-4-6-18/h2-7,9-10,17,22H,8,11-16H2,1H3,(H,23,24). The van der Waals surface area contributed by atoms with Crippen molar-refractivity contribution in [2.45, 2.75) is 31.1 Å². The number of carbonyl (C=O) groups is 1. The molecule has 0 spiro atoms. The number of rotatable bonds is 6. The zero-order chi connectivity index (χ0) is 17.5. The van der Waals surface area contributed by atoms with Gasteiger partial charge in [-0.1, -0.05) is 36.4 Å². The molecule has 1 unspecified atom stereocenters. The Hall–Kier alpha value is -2.07. The molecule has 25 heavy (non-hydrogen) atoms. The molecule has 1 heterocycles. The van der Waals surface area contributed by atoms with E-state index in [2.05, 4.69) is 47.1 Å². The van der Waals surface area contributed by atoms with Gasteiger partial charge in [0.2, 0.25) is 5.91 Å². The summed E-state index contributed by atoms with van der Waals surface area (Å²) in [6.07, 6.45) is 9.67. The predicted octanol–water partition coefficient (Wildman–Crippen LogP) is 2.92. The van der Waals surface area contributed by atoms with Crippen LogP contribution in [0.15, 0.2) is 54.3 Å². The van der Waals surface area contributed by atoms with Gasteiger partial charge < -0.3 is 15.4 Å². The number of hydrogen-bond donors (Lipinski definition) is 2. The number of methoxy groups -OCH3 is 1. The fraction of sp³-hybridized carbons (Fsp3) is 0.476. The van der Waals surface area contributed by atoms with Crippen molar-refractivity contribution in [3.63, 3.8) is 0 Å². The minimum Gasteiger partial charge on any atom is -0.497 e. The Morgan fingerprint density at radius 3 is 2.68 bits per heavy atom. The summed E-state index contributed by atoms with van der Waals surface area (Å²) in [7, 11) is 1.68. The molecule has 0 radical (unpaired) electrons. The fourth-order valence-electron chi connectivity index (χ4n) is 3.83. The van der Waals surface area contributed by atoms with Crippen molar-refractivity contribution in [2.75, 3.05) is 26.7 Å². The molecule has 1 saturated heterocycles. The first-order chi connectivity index (χ1) is 12.2. The largest absolute Gasteiger partial charge is 0.497 e. The number of amides is 1. The van der Waals surface area contributed by atoms with Gasteiger partial charge >= 0.3 is 0 Å². The maximum atomic E-state index is 12.7. The van der Waals surface area contributed by atoms with Crippen LogP contribution in [0.3, 0.4) is 0 Å². The van der Waals surface area contributed by atoms with E-state index < -0.39 is 0 Å². The van der Waals surface area contributed by atoms with Gasteiger partial charge in [0.05, 0.1) is 7.11 Å². The van der Waals surface area contributed by atoms with Crippen LogP contribution < -0.4 is 10.6 Å². The number of carbonyl (C=O) groups excluding carboxylic acids is 1. The Labute approximate surface area is 150 Å². The van der Waals surface area contributed by atoms with Crippen molar-refractivity contribution in [2.24, 2.45) is 5.92 Å². The highest BCUT2D eigenvalue weighted by molar-refractivity contribution is 5.77. The van der Waals surface area contributed by atoms with Gasteiger partial charge in [0.1, 0.15) is 5.76 Å². The highest BCUT2D eigenvalue weighted by Gasteiger charge is 2.35. The molecule has 2 N–H and O–H groups in total. The summed E-state index contributed by atoms with van der Waals surface area (Å²) < 4.78 is 5.21. The van der Waals surface area contributed by atoms with E-state index in [1.807, 2.05) is 12.1 Å². The lowest BCUT2D eigenvalue weighted by atomic mass is 9.70. The number of ether oxygens (including phenoxy) is 1. The van der Waals surface area contributed by atoms with E-state index in [0.29, 0.717) is 18.9 Å². The van der Waals surface area contributed by atoms with Gasteiger partial charge in [0.15, 0.2) is 0 Å². The van der Waals surface area contributed by atoms with Crippen molar-refractivity contribution in [3.05, 3.63) is 59.9 Å². The van der Waals surface area contributed by atoms with Gasteiger partial charge in [-0.25, -0.2) is 0 Å². The number of nitrogens with one attached hydrogen (secondary N) is 2. The molecule has 1 aromatic rings. The third-order valence-corrected chi connectivity index (χ3v) is 5.40. The lowest BCUT2D eigenvalue weighted by Gasteiger charge is -2.38. The summed E-state index contributed by atoms with van der Waals surface area (Å²) in [4.78, 5) is 12.7. The topological polar surface area (TPSA) is 50.4 Å². The highest BCUT2D eigenvalue weighted by Crippen LogP contribution is 2.36. The first kappa shape index (κ1) is 17.7. The van der Waals surface area contributed by atoms with Crippen molar-refractivity contribution in [1.29, 1.82) is 0 Å². The van der Waals surface area contributed by atoms with Crippen LogP contribution in [0, 0.1) is 5.92 Å². The molecule has 0 saturated carbocycles. The third-order valence-electron chi connectivity index (χ3n) is 5.40. The zero-order valence-electron chi connectivity index (χ0n) is 15.0. The number of benzene rings is 1. The molecule has 1 fully saturated rings. The molecular weight excluding hydrogens is 312 g/mol. The van der Waals surface area contributed by atoms with Gasteiger partial charge in [-0.05, 0) is 56.0 Å². The molecule has 1 amide bonds. The van der Waals surface area contributed by atoms with Crippen LogP contribution in [-0.4, -0.2) is 32.7 Å². The SMILES string of the molecule is COC1=CCC(CNC(=O)CC2(c3ccccc3)CCNCC2)C=C1. The lowest BCUT2D eigenvalue weighted by Crippen LogP contribution is -2.43. The molecule has 3 rings (SSSR count). The Morgan fingerprint density at radius 2 is 2.04 bits per heavy atom. The quantitative estimate of drug-likeness (QED) is 0.837. The number of piperidine rings is 1. The second-order valence-corrected chi connectivity index (χ2v) is 7.04. The first-order valence-corrected chi connectivity index (χ1v) is 9.17. The van der Waals surface area contributed by atoms with E-state index >= 15 is 0 Å². The van der Waals surface area contributed by atoms with Gasteiger partial charge in [-0.3, -0.25) is 4.79 Å². The Morgan fingerprint density at radius 1 is 1.28 bits per heavy atom. The second kappa shape index (κ2) is 8.34. The molecule has 4 heteroatoms. The zero-order valence-corrected chi connectivity index (χ0v) is 15.0. The van der Waals surface area contributed by atoms with E-state index in [4.69, 9.17) is 4.74 Å². The predicted molar refractivity (Wildman–Crippen MR) is 100 cm³/mol. The molecule has 2 aliphatic rings.